The van der Waals surface area contributed by atoms with Gasteiger partial charge in [-0.15, -0.1) is 5.10 Å². The Kier molecular flexibility index (Phi) is 6.10. The predicted octanol–water partition coefficient (Wildman–Crippen LogP) is 4.18. The summed E-state index contributed by atoms with van der Waals surface area (Å²) in [7, 11) is 0. The lowest BCUT2D eigenvalue weighted by atomic mass is 10.0. The summed E-state index contributed by atoms with van der Waals surface area (Å²) in [4.78, 5) is 35.4. The molecule has 0 bridgehead atoms. The smallest absolute Gasteiger partial charge is 0.414 e. The number of benzene rings is 2. The molecule has 2 saturated heterocycles. The fourth-order valence-electron chi connectivity index (χ4n) is 5.18. The van der Waals surface area contributed by atoms with Crippen LogP contribution in [-0.2, 0) is 16.1 Å². The number of carbonyl (C=O) groups excluding carboxylic acids is 2. The number of cyclic esters (lactones) is 1. The van der Waals surface area contributed by atoms with Gasteiger partial charge in [0.05, 0.1) is 42.9 Å². The van der Waals surface area contributed by atoms with E-state index in [0.29, 0.717) is 29.9 Å². The number of aromatic nitrogens is 5. The lowest BCUT2D eigenvalue weighted by Gasteiger charge is -2.21. The Balaban J connectivity index is 1.16. The number of anilines is 1. The van der Waals surface area contributed by atoms with Gasteiger partial charge in [-0.1, -0.05) is 29.5 Å². The molecule has 10 nitrogen and oxygen atoms in total. The molecule has 6 rings (SSSR count). The summed E-state index contributed by atoms with van der Waals surface area (Å²) in [6, 6.07) is 12.2. The lowest BCUT2D eigenvalue weighted by molar-refractivity contribution is -0.129. The van der Waals surface area contributed by atoms with Crippen LogP contribution >= 0.6 is 0 Å². The first kappa shape index (κ1) is 23.8. The quantitative estimate of drug-likeness (QED) is 0.413. The highest BCUT2D eigenvalue weighted by Gasteiger charge is 2.33. The number of hydrogen-bond donors (Lipinski definition) is 1. The summed E-state index contributed by atoms with van der Waals surface area (Å²) in [6.07, 6.45) is 5.94. The van der Waals surface area contributed by atoms with Crippen molar-refractivity contribution in [3.8, 4) is 22.4 Å². The second-order valence-corrected chi connectivity index (χ2v) is 9.54. The lowest BCUT2D eigenvalue weighted by Crippen LogP contribution is -2.28. The van der Waals surface area contributed by atoms with Crippen molar-refractivity contribution in [3.63, 3.8) is 0 Å². The molecule has 2 fully saturated rings. The fourth-order valence-corrected chi connectivity index (χ4v) is 5.18. The van der Waals surface area contributed by atoms with E-state index < -0.39 is 18.0 Å². The van der Waals surface area contributed by atoms with Gasteiger partial charge < -0.3 is 14.6 Å². The molecular formula is C27H26FN7O3. The van der Waals surface area contributed by atoms with E-state index in [1.165, 1.54) is 11.0 Å². The number of imidazole rings is 1. The molecule has 0 aliphatic carbocycles. The van der Waals surface area contributed by atoms with E-state index >= 15 is 4.39 Å². The predicted molar refractivity (Wildman–Crippen MR) is 136 cm³/mol. The van der Waals surface area contributed by atoms with E-state index in [9.17, 15) is 9.59 Å². The van der Waals surface area contributed by atoms with E-state index in [0.717, 1.165) is 36.5 Å². The maximum absolute atomic E-state index is 15.2. The minimum absolute atomic E-state index is 0.0288. The number of hydrogen-bond acceptors (Lipinski definition) is 6. The third kappa shape index (κ3) is 4.51. The number of nitrogens with one attached hydrogen (secondary N) is 1. The number of carbonyl (C=O) groups is 2. The van der Waals surface area contributed by atoms with Crippen LogP contribution in [0.15, 0.2) is 61.1 Å². The Morgan fingerprint density at radius 2 is 2.00 bits per heavy atom. The highest BCUT2D eigenvalue weighted by atomic mass is 19.1. The van der Waals surface area contributed by atoms with Crippen molar-refractivity contribution >= 4 is 17.7 Å². The molecule has 4 heterocycles. The van der Waals surface area contributed by atoms with Gasteiger partial charge in [-0.2, -0.15) is 0 Å². The van der Waals surface area contributed by atoms with E-state index in [1.54, 1.807) is 42.3 Å². The second kappa shape index (κ2) is 9.73. The SMILES string of the molecule is CC(=O)N1CCCC1c1ncc(-c2ccc(-c3ccc(N4CC(Cn5ccnn5)OC4=O)cc3F)cc2)[nH]1. The molecule has 2 aromatic heterocycles. The zero-order chi connectivity index (χ0) is 26.2. The first-order chi connectivity index (χ1) is 18.5. The molecule has 2 unspecified atom stereocenters. The van der Waals surface area contributed by atoms with Crippen molar-refractivity contribution in [2.45, 2.75) is 38.5 Å². The number of nitrogens with zero attached hydrogens (tertiary/aromatic N) is 6. The van der Waals surface area contributed by atoms with Crippen molar-refractivity contribution < 1.29 is 18.7 Å². The van der Waals surface area contributed by atoms with Crippen LogP contribution in [0.5, 0.6) is 0 Å². The Morgan fingerprint density at radius 1 is 1.18 bits per heavy atom. The van der Waals surface area contributed by atoms with Crippen molar-refractivity contribution in [1.29, 1.82) is 0 Å². The highest BCUT2D eigenvalue weighted by Crippen LogP contribution is 2.33. The highest BCUT2D eigenvalue weighted by molar-refractivity contribution is 5.90. The topological polar surface area (TPSA) is 109 Å². The molecule has 2 aliphatic heterocycles. The number of H-pyrrole nitrogens is 1. The summed E-state index contributed by atoms with van der Waals surface area (Å²) >= 11 is 0. The normalized spacial score (nSPS) is 19.3. The van der Waals surface area contributed by atoms with Crippen LogP contribution in [0.2, 0.25) is 0 Å². The molecule has 11 heteroatoms. The van der Waals surface area contributed by atoms with E-state index in [-0.39, 0.29) is 11.9 Å². The van der Waals surface area contributed by atoms with Gasteiger partial charge >= 0.3 is 6.09 Å². The molecule has 4 aromatic rings. The van der Waals surface area contributed by atoms with E-state index in [2.05, 4.69) is 20.3 Å². The van der Waals surface area contributed by atoms with Gasteiger partial charge in [0.15, 0.2) is 0 Å². The number of rotatable bonds is 6. The molecule has 2 aliphatic rings. The van der Waals surface area contributed by atoms with Crippen molar-refractivity contribution in [1.82, 2.24) is 29.9 Å². The first-order valence-corrected chi connectivity index (χ1v) is 12.5. The van der Waals surface area contributed by atoms with Gasteiger partial charge in [0.1, 0.15) is 17.7 Å². The van der Waals surface area contributed by atoms with Crippen molar-refractivity contribution in [3.05, 3.63) is 72.7 Å². The number of aromatic amines is 1. The van der Waals surface area contributed by atoms with Crippen LogP contribution in [-0.4, -0.2) is 61.1 Å². The third-order valence-electron chi connectivity index (χ3n) is 7.08. The van der Waals surface area contributed by atoms with Crippen LogP contribution in [0, 0.1) is 5.82 Å². The maximum atomic E-state index is 15.2. The van der Waals surface area contributed by atoms with Crippen molar-refractivity contribution in [2.24, 2.45) is 0 Å². The van der Waals surface area contributed by atoms with Gasteiger partial charge in [0, 0.05) is 25.2 Å². The largest absolute Gasteiger partial charge is 0.442 e. The number of likely N-dealkylation sites (tertiary alicyclic amines) is 1. The molecule has 2 atom stereocenters. The van der Waals surface area contributed by atoms with Crippen LogP contribution in [0.25, 0.3) is 22.4 Å². The number of amides is 2. The molecule has 2 aromatic carbocycles. The minimum Gasteiger partial charge on any atom is -0.442 e. The Morgan fingerprint density at radius 3 is 2.74 bits per heavy atom. The van der Waals surface area contributed by atoms with Gasteiger partial charge in [-0.25, -0.2) is 18.9 Å². The average molecular weight is 516 g/mol. The third-order valence-corrected chi connectivity index (χ3v) is 7.08. The van der Waals surface area contributed by atoms with Crippen LogP contribution in [0.4, 0.5) is 14.9 Å². The Labute approximate surface area is 218 Å². The summed E-state index contributed by atoms with van der Waals surface area (Å²) in [5.74, 6) is 0.399. The van der Waals surface area contributed by atoms with E-state index in [1.807, 2.05) is 29.2 Å². The minimum atomic E-state index is -0.519. The molecule has 0 saturated carbocycles. The molecule has 194 valence electrons. The van der Waals surface area contributed by atoms with E-state index in [4.69, 9.17) is 4.74 Å². The standard InChI is InChI=1S/C27H26FN7O3/c1-17(36)34-11-2-3-25(34)26-29-14-24(31-26)19-6-4-18(5-7-19)22-9-8-20(13-23(22)28)35-16-21(38-27(35)37)15-33-12-10-30-32-33/h4-10,12-14,21,25H,2-3,11,15-16H2,1H3,(H,29,31). The Bertz CT molecular complexity index is 1470. The summed E-state index contributed by atoms with van der Waals surface area (Å²) in [5, 5.41) is 7.64. The second-order valence-electron chi connectivity index (χ2n) is 9.54. The molecule has 0 spiro atoms. The molecular weight excluding hydrogens is 489 g/mol. The summed E-state index contributed by atoms with van der Waals surface area (Å²) in [6.45, 7) is 3.00. The molecule has 1 N–H and O–H groups in total. The van der Waals surface area contributed by atoms with Gasteiger partial charge in [0.25, 0.3) is 0 Å². The van der Waals surface area contributed by atoms with Gasteiger partial charge in [-0.3, -0.25) is 9.69 Å². The molecule has 2 amide bonds. The van der Waals surface area contributed by atoms with Crippen LogP contribution in [0.3, 0.4) is 0 Å². The first-order valence-electron chi connectivity index (χ1n) is 12.5. The average Bonchev–Trinajstić information content (AvgIpc) is 3.71. The summed E-state index contributed by atoms with van der Waals surface area (Å²) in [5.41, 5.74) is 3.33. The van der Waals surface area contributed by atoms with Crippen LogP contribution in [0.1, 0.15) is 31.6 Å². The molecule has 0 radical (unpaired) electrons. The van der Waals surface area contributed by atoms with Crippen LogP contribution < -0.4 is 4.90 Å². The van der Waals surface area contributed by atoms with Crippen molar-refractivity contribution in [2.75, 3.05) is 18.0 Å². The maximum Gasteiger partial charge on any atom is 0.414 e. The summed E-state index contributed by atoms with van der Waals surface area (Å²) < 4.78 is 22.2. The number of ether oxygens (including phenoxy) is 1. The Hall–Kier alpha value is -4.54. The molecule has 38 heavy (non-hydrogen) atoms. The monoisotopic (exact) mass is 515 g/mol. The van der Waals surface area contributed by atoms with Gasteiger partial charge in [0.2, 0.25) is 5.91 Å². The zero-order valence-electron chi connectivity index (χ0n) is 20.7. The zero-order valence-corrected chi connectivity index (χ0v) is 20.7. The fraction of sp³-hybridized carbons (Fsp3) is 0.296. The van der Waals surface area contributed by atoms with Gasteiger partial charge in [-0.05, 0) is 42.2 Å². The number of halogens is 1.